The zero-order valence-corrected chi connectivity index (χ0v) is 13.5. The first-order chi connectivity index (χ1) is 9.60. The minimum atomic E-state index is -3.72. The van der Waals surface area contributed by atoms with E-state index < -0.39 is 22.0 Å². The molecule has 0 saturated carbocycles. The van der Waals surface area contributed by atoms with Gasteiger partial charge >= 0.3 is 5.97 Å². The van der Waals surface area contributed by atoms with Crippen molar-refractivity contribution in [2.24, 2.45) is 0 Å². The topological polar surface area (TPSA) is 83.5 Å². The average Bonchev–Trinajstić information content (AvgIpc) is 2.32. The van der Waals surface area contributed by atoms with Crippen LogP contribution in [-0.4, -0.2) is 25.5 Å². The van der Waals surface area contributed by atoms with Crippen LogP contribution in [0.2, 0.25) is 0 Å². The number of sulfonamides is 1. The summed E-state index contributed by atoms with van der Waals surface area (Å²) in [6, 6.07) is 1.30. The molecule has 0 aromatic heterocycles. The summed E-state index contributed by atoms with van der Waals surface area (Å²) >= 11 is 0. The Balaban J connectivity index is 3.49. The highest BCUT2D eigenvalue weighted by molar-refractivity contribution is 7.89. The van der Waals surface area contributed by atoms with Gasteiger partial charge in [0.2, 0.25) is 10.0 Å². The number of hydrogen-bond acceptors (Lipinski definition) is 3. The highest BCUT2D eigenvalue weighted by Gasteiger charge is 2.24. The summed E-state index contributed by atoms with van der Waals surface area (Å²) in [4.78, 5) is 11.1. The molecule has 2 N–H and O–H groups in total. The quantitative estimate of drug-likeness (QED) is 0.788. The van der Waals surface area contributed by atoms with Gasteiger partial charge in [-0.05, 0) is 49.9 Å². The molecular formula is C15H21NO4S. The lowest BCUT2D eigenvalue weighted by molar-refractivity contribution is -0.136. The molecule has 0 aliphatic carbocycles. The second-order valence-electron chi connectivity index (χ2n) is 5.16. The summed E-state index contributed by atoms with van der Waals surface area (Å²) in [6.07, 6.45) is 1.30. The van der Waals surface area contributed by atoms with Gasteiger partial charge < -0.3 is 5.11 Å². The number of carbonyl (C=O) groups is 1. The number of aliphatic carboxylic acids is 1. The van der Waals surface area contributed by atoms with Crippen LogP contribution in [-0.2, 0) is 21.2 Å². The van der Waals surface area contributed by atoms with Crippen molar-refractivity contribution in [1.82, 2.24) is 4.72 Å². The third kappa shape index (κ3) is 3.92. The van der Waals surface area contributed by atoms with E-state index in [9.17, 15) is 13.2 Å². The van der Waals surface area contributed by atoms with E-state index in [4.69, 9.17) is 5.11 Å². The molecule has 1 atom stereocenters. The average molecular weight is 311 g/mol. The van der Waals surface area contributed by atoms with Crippen LogP contribution in [0.3, 0.4) is 0 Å². The molecule has 0 aliphatic heterocycles. The lowest BCUT2D eigenvalue weighted by atomic mass is 9.97. The predicted molar refractivity (Wildman–Crippen MR) is 82.0 cm³/mol. The molecule has 1 aromatic rings. The van der Waals surface area contributed by atoms with Gasteiger partial charge in [-0.1, -0.05) is 12.1 Å². The van der Waals surface area contributed by atoms with E-state index in [2.05, 4.69) is 11.3 Å². The fraction of sp³-hybridized carbons (Fsp3) is 0.400. The number of benzene rings is 1. The van der Waals surface area contributed by atoms with Gasteiger partial charge in [-0.25, -0.2) is 13.1 Å². The Morgan fingerprint density at radius 3 is 2.43 bits per heavy atom. The van der Waals surface area contributed by atoms with Crippen molar-refractivity contribution in [3.8, 4) is 0 Å². The van der Waals surface area contributed by atoms with Crippen molar-refractivity contribution in [2.75, 3.05) is 0 Å². The Morgan fingerprint density at radius 2 is 1.95 bits per heavy atom. The Labute approximate surface area is 125 Å². The Morgan fingerprint density at radius 1 is 1.38 bits per heavy atom. The molecule has 0 amide bonds. The molecule has 0 bridgehead atoms. The summed E-state index contributed by atoms with van der Waals surface area (Å²) < 4.78 is 27.5. The summed E-state index contributed by atoms with van der Waals surface area (Å²) in [5.74, 6) is -0.985. The van der Waals surface area contributed by atoms with Crippen molar-refractivity contribution in [2.45, 2.75) is 45.1 Å². The van der Waals surface area contributed by atoms with Gasteiger partial charge in [0.1, 0.15) is 0 Å². The van der Waals surface area contributed by atoms with Crippen LogP contribution in [0.25, 0.3) is 0 Å². The molecule has 0 aliphatic rings. The van der Waals surface area contributed by atoms with E-state index in [-0.39, 0.29) is 11.3 Å². The van der Waals surface area contributed by atoms with Crippen molar-refractivity contribution in [3.05, 3.63) is 41.0 Å². The fourth-order valence-corrected chi connectivity index (χ4v) is 4.11. The maximum Gasteiger partial charge on any atom is 0.307 e. The van der Waals surface area contributed by atoms with Gasteiger partial charge in [-0.3, -0.25) is 4.79 Å². The lowest BCUT2D eigenvalue weighted by Crippen LogP contribution is -2.32. The minimum absolute atomic E-state index is 0.151. The summed E-state index contributed by atoms with van der Waals surface area (Å²) in [5, 5.41) is 8.98. The molecule has 0 radical (unpaired) electrons. The number of hydrogen-bond donors (Lipinski definition) is 2. The van der Waals surface area contributed by atoms with Crippen molar-refractivity contribution < 1.29 is 18.3 Å². The first kappa shape index (κ1) is 17.4. The maximum atomic E-state index is 12.5. The van der Waals surface area contributed by atoms with Gasteiger partial charge in [-0.2, -0.15) is 0 Å². The largest absolute Gasteiger partial charge is 0.481 e. The monoisotopic (exact) mass is 311 g/mol. The molecule has 21 heavy (non-hydrogen) atoms. The predicted octanol–water partition coefficient (Wildman–Crippen LogP) is 2.09. The smallest absolute Gasteiger partial charge is 0.307 e. The molecule has 0 saturated heterocycles. The molecule has 6 heteroatoms. The van der Waals surface area contributed by atoms with Crippen molar-refractivity contribution in [1.29, 1.82) is 0 Å². The Hall–Kier alpha value is -1.66. The minimum Gasteiger partial charge on any atom is -0.481 e. The Kier molecular flexibility index (Phi) is 5.31. The number of carboxylic acids is 1. The number of carboxylic acid groups (broad SMARTS) is 1. The van der Waals surface area contributed by atoms with Gasteiger partial charge in [-0.15, -0.1) is 6.58 Å². The molecule has 1 unspecified atom stereocenters. The highest BCUT2D eigenvalue weighted by atomic mass is 32.2. The normalized spacial score (nSPS) is 13.0. The molecule has 0 spiro atoms. The Bertz CT molecular complexity index is 677. The molecule has 0 fully saturated rings. The van der Waals surface area contributed by atoms with Crippen LogP contribution < -0.4 is 4.72 Å². The van der Waals surface area contributed by atoms with E-state index in [1.54, 1.807) is 33.8 Å². The van der Waals surface area contributed by atoms with E-state index in [1.165, 1.54) is 6.08 Å². The van der Waals surface area contributed by atoms with E-state index >= 15 is 0 Å². The zero-order valence-electron chi connectivity index (χ0n) is 12.7. The molecular weight excluding hydrogens is 290 g/mol. The van der Waals surface area contributed by atoms with Gasteiger partial charge in [0, 0.05) is 6.04 Å². The molecule has 0 heterocycles. The number of rotatable bonds is 6. The van der Waals surface area contributed by atoms with Gasteiger partial charge in [0.25, 0.3) is 0 Å². The fourth-order valence-electron chi connectivity index (χ4n) is 2.39. The SMILES string of the molecule is C=CC(C)NS(=O)(=O)c1c(C)cc(C)c(CC(=O)O)c1C. The van der Waals surface area contributed by atoms with Crippen molar-refractivity contribution in [3.63, 3.8) is 0 Å². The second kappa shape index (κ2) is 6.41. The summed E-state index contributed by atoms with van der Waals surface area (Å²) in [5.41, 5.74) is 2.41. The lowest BCUT2D eigenvalue weighted by Gasteiger charge is -2.18. The molecule has 5 nitrogen and oxygen atoms in total. The standard InChI is InChI=1S/C15H21NO4S/c1-6-11(4)16-21(19,20)15-10(3)7-9(2)13(12(15)5)8-14(17)18/h6-7,11,16H,1,8H2,2-5H3,(H,17,18). The molecule has 1 rings (SSSR count). The van der Waals surface area contributed by atoms with Crippen LogP contribution in [0.5, 0.6) is 0 Å². The van der Waals surface area contributed by atoms with Crippen LogP contribution in [0, 0.1) is 20.8 Å². The number of aryl methyl sites for hydroxylation is 2. The van der Waals surface area contributed by atoms with Crippen molar-refractivity contribution >= 4 is 16.0 Å². The van der Waals surface area contributed by atoms with Crippen LogP contribution in [0.1, 0.15) is 29.2 Å². The van der Waals surface area contributed by atoms with E-state index in [0.29, 0.717) is 16.7 Å². The van der Waals surface area contributed by atoms with Crippen LogP contribution >= 0.6 is 0 Å². The van der Waals surface area contributed by atoms with Crippen LogP contribution in [0.15, 0.2) is 23.6 Å². The highest BCUT2D eigenvalue weighted by Crippen LogP contribution is 2.27. The first-order valence-corrected chi connectivity index (χ1v) is 8.04. The maximum absolute atomic E-state index is 12.5. The van der Waals surface area contributed by atoms with E-state index in [1.807, 2.05) is 0 Å². The van der Waals surface area contributed by atoms with E-state index in [0.717, 1.165) is 5.56 Å². The molecule has 1 aromatic carbocycles. The van der Waals surface area contributed by atoms with Crippen LogP contribution in [0.4, 0.5) is 0 Å². The van der Waals surface area contributed by atoms with Gasteiger partial charge in [0.05, 0.1) is 11.3 Å². The molecule has 116 valence electrons. The van der Waals surface area contributed by atoms with Gasteiger partial charge in [0.15, 0.2) is 0 Å². The first-order valence-electron chi connectivity index (χ1n) is 6.56. The third-order valence-corrected chi connectivity index (χ3v) is 5.20. The summed E-state index contributed by atoms with van der Waals surface area (Å²) in [6.45, 7) is 10.4. The summed E-state index contributed by atoms with van der Waals surface area (Å²) in [7, 11) is -3.72. The second-order valence-corrected chi connectivity index (χ2v) is 6.81. The third-order valence-electron chi connectivity index (χ3n) is 3.35. The zero-order chi connectivity index (χ0) is 16.4. The number of nitrogens with one attached hydrogen (secondary N) is 1.